The third-order valence-corrected chi connectivity index (χ3v) is 3.47. The van der Waals surface area contributed by atoms with Gasteiger partial charge in [0.15, 0.2) is 18.0 Å². The highest BCUT2D eigenvalue weighted by atomic mass is 35.5. The highest BCUT2D eigenvalue weighted by Gasteiger charge is 2.13. The summed E-state index contributed by atoms with van der Waals surface area (Å²) in [6, 6.07) is 8.54. The lowest BCUT2D eigenvalue weighted by atomic mass is 10.2. The van der Waals surface area contributed by atoms with Crippen LogP contribution < -0.4 is 10.1 Å². The molecule has 3 aromatic rings. The third-order valence-electron chi connectivity index (χ3n) is 2.94. The number of benzene rings is 2. The summed E-state index contributed by atoms with van der Waals surface area (Å²) < 4.78 is 23.5. The summed E-state index contributed by atoms with van der Waals surface area (Å²) in [4.78, 5) is 11.9. The molecule has 5 nitrogen and oxygen atoms in total. The molecule has 3 rings (SSSR count). The Balaban J connectivity index is 1.68. The highest BCUT2D eigenvalue weighted by molar-refractivity contribution is 6.35. The van der Waals surface area contributed by atoms with E-state index in [4.69, 9.17) is 32.5 Å². The van der Waals surface area contributed by atoms with Crippen molar-refractivity contribution in [3.05, 3.63) is 52.3 Å². The number of halogens is 3. The van der Waals surface area contributed by atoms with Crippen molar-refractivity contribution >= 4 is 45.9 Å². The van der Waals surface area contributed by atoms with Gasteiger partial charge in [-0.3, -0.25) is 4.79 Å². The average Bonchev–Trinajstić information content (AvgIpc) is 2.88. The molecule has 1 aromatic heterocycles. The second kappa shape index (κ2) is 6.44. The zero-order valence-electron chi connectivity index (χ0n) is 11.5. The number of hydrogen-bond donors (Lipinski definition) is 1. The molecule has 0 radical (unpaired) electrons. The fourth-order valence-electron chi connectivity index (χ4n) is 1.90. The van der Waals surface area contributed by atoms with Gasteiger partial charge in [-0.05, 0) is 36.4 Å². The molecule has 23 heavy (non-hydrogen) atoms. The number of ether oxygens (including phenoxy) is 1. The fraction of sp³-hybridized carbons (Fsp3) is 0.0667. The molecule has 0 atom stereocenters. The van der Waals surface area contributed by atoms with Gasteiger partial charge < -0.3 is 14.6 Å². The van der Waals surface area contributed by atoms with Gasteiger partial charge in [0.2, 0.25) is 0 Å². The lowest BCUT2D eigenvalue weighted by Gasteiger charge is -2.07. The quantitative estimate of drug-likeness (QED) is 0.758. The van der Waals surface area contributed by atoms with Crippen LogP contribution in [0.5, 0.6) is 5.75 Å². The highest BCUT2D eigenvalue weighted by Crippen LogP contribution is 2.27. The second-order valence-electron chi connectivity index (χ2n) is 4.58. The van der Waals surface area contributed by atoms with Crippen molar-refractivity contribution in [2.45, 2.75) is 0 Å². The maximum absolute atomic E-state index is 13.2. The van der Waals surface area contributed by atoms with Crippen LogP contribution in [0.2, 0.25) is 10.0 Å². The van der Waals surface area contributed by atoms with Gasteiger partial charge in [-0.25, -0.2) is 4.39 Å². The van der Waals surface area contributed by atoms with Crippen LogP contribution in [0.3, 0.4) is 0 Å². The SMILES string of the molecule is O=C(COc1ccc(Cl)cc1Cl)Nc1noc2ccc(F)cc12. The summed E-state index contributed by atoms with van der Waals surface area (Å²) in [6.07, 6.45) is 0. The molecule has 2 aromatic carbocycles. The maximum Gasteiger partial charge on any atom is 0.263 e. The number of fused-ring (bicyclic) bond motifs is 1. The van der Waals surface area contributed by atoms with E-state index in [1.54, 1.807) is 12.1 Å². The molecule has 118 valence electrons. The van der Waals surface area contributed by atoms with Crippen molar-refractivity contribution in [2.75, 3.05) is 11.9 Å². The van der Waals surface area contributed by atoms with Crippen LogP contribution in [0.25, 0.3) is 11.0 Å². The summed E-state index contributed by atoms with van der Waals surface area (Å²) in [6.45, 7) is -0.301. The van der Waals surface area contributed by atoms with E-state index in [-0.39, 0.29) is 12.4 Å². The van der Waals surface area contributed by atoms with Crippen LogP contribution >= 0.6 is 23.2 Å². The van der Waals surface area contributed by atoms with E-state index in [0.29, 0.717) is 26.8 Å². The van der Waals surface area contributed by atoms with Crippen molar-refractivity contribution in [3.63, 3.8) is 0 Å². The summed E-state index contributed by atoms with van der Waals surface area (Å²) in [5, 5.41) is 7.29. The van der Waals surface area contributed by atoms with Crippen molar-refractivity contribution < 1.29 is 18.4 Å². The molecule has 0 aliphatic carbocycles. The number of nitrogens with zero attached hydrogens (tertiary/aromatic N) is 1. The Labute approximate surface area is 139 Å². The van der Waals surface area contributed by atoms with Crippen LogP contribution in [0, 0.1) is 5.82 Å². The topological polar surface area (TPSA) is 64.4 Å². The van der Waals surface area contributed by atoms with Crippen molar-refractivity contribution in [1.82, 2.24) is 5.16 Å². The number of hydrogen-bond acceptors (Lipinski definition) is 4. The summed E-state index contributed by atoms with van der Waals surface area (Å²) in [5.74, 6) is -0.506. The Morgan fingerprint density at radius 2 is 2.09 bits per heavy atom. The summed E-state index contributed by atoms with van der Waals surface area (Å²) in [5.41, 5.74) is 0.364. The standard InChI is InChI=1S/C15H9Cl2FN2O3/c16-8-1-3-13(11(17)5-8)22-7-14(21)19-15-10-6-9(18)2-4-12(10)23-20-15/h1-6H,7H2,(H,19,20,21). The number of anilines is 1. The Kier molecular flexibility index (Phi) is 4.36. The molecule has 0 aliphatic heterocycles. The molecule has 8 heteroatoms. The first-order valence-corrected chi connectivity index (χ1v) is 7.21. The smallest absolute Gasteiger partial charge is 0.263 e. The van der Waals surface area contributed by atoms with Gasteiger partial charge in [-0.15, -0.1) is 0 Å². The van der Waals surface area contributed by atoms with Gasteiger partial charge >= 0.3 is 0 Å². The number of amides is 1. The van der Waals surface area contributed by atoms with E-state index in [9.17, 15) is 9.18 Å². The van der Waals surface area contributed by atoms with Gasteiger partial charge in [0.1, 0.15) is 11.6 Å². The minimum atomic E-state index is -0.490. The van der Waals surface area contributed by atoms with E-state index in [2.05, 4.69) is 10.5 Å². The molecule has 0 saturated carbocycles. The number of nitrogens with one attached hydrogen (secondary N) is 1. The van der Waals surface area contributed by atoms with Gasteiger partial charge in [0, 0.05) is 5.02 Å². The molecule has 0 unspecified atom stereocenters. The lowest BCUT2D eigenvalue weighted by molar-refractivity contribution is -0.118. The van der Waals surface area contributed by atoms with Crippen LogP contribution in [0.15, 0.2) is 40.9 Å². The molecule has 1 N–H and O–H groups in total. The van der Waals surface area contributed by atoms with Gasteiger partial charge in [-0.2, -0.15) is 0 Å². The summed E-state index contributed by atoms with van der Waals surface area (Å²) in [7, 11) is 0. The Bertz CT molecular complexity index is 882. The molecule has 0 bridgehead atoms. The lowest BCUT2D eigenvalue weighted by Crippen LogP contribution is -2.20. The normalized spacial score (nSPS) is 10.7. The van der Waals surface area contributed by atoms with Gasteiger partial charge in [0.05, 0.1) is 10.4 Å². The molecular weight excluding hydrogens is 346 g/mol. The Morgan fingerprint density at radius 3 is 2.87 bits per heavy atom. The number of carbonyl (C=O) groups excluding carboxylic acids is 1. The molecule has 0 spiro atoms. The van der Waals surface area contributed by atoms with E-state index in [1.807, 2.05) is 0 Å². The van der Waals surface area contributed by atoms with Crippen molar-refractivity contribution in [2.24, 2.45) is 0 Å². The van der Waals surface area contributed by atoms with Crippen LogP contribution in [0.4, 0.5) is 10.2 Å². The van der Waals surface area contributed by atoms with Gasteiger partial charge in [0.25, 0.3) is 5.91 Å². The summed E-state index contributed by atoms with van der Waals surface area (Å²) >= 11 is 11.7. The van der Waals surface area contributed by atoms with Crippen LogP contribution in [-0.4, -0.2) is 17.7 Å². The average molecular weight is 355 g/mol. The molecule has 1 amide bonds. The first kappa shape index (κ1) is 15.6. The van der Waals surface area contributed by atoms with E-state index in [1.165, 1.54) is 24.3 Å². The predicted molar refractivity (Wildman–Crippen MR) is 84.6 cm³/mol. The van der Waals surface area contributed by atoms with Gasteiger partial charge in [-0.1, -0.05) is 28.4 Å². The van der Waals surface area contributed by atoms with E-state index >= 15 is 0 Å². The Morgan fingerprint density at radius 1 is 1.26 bits per heavy atom. The number of carbonyl (C=O) groups is 1. The molecule has 1 heterocycles. The first-order chi connectivity index (χ1) is 11.0. The molecule has 0 fully saturated rings. The zero-order chi connectivity index (χ0) is 16.4. The van der Waals surface area contributed by atoms with E-state index in [0.717, 1.165) is 0 Å². The molecule has 0 saturated heterocycles. The number of aromatic nitrogens is 1. The third kappa shape index (κ3) is 3.55. The zero-order valence-corrected chi connectivity index (χ0v) is 13.0. The first-order valence-electron chi connectivity index (χ1n) is 6.45. The number of rotatable bonds is 4. The fourth-order valence-corrected chi connectivity index (χ4v) is 2.37. The van der Waals surface area contributed by atoms with Crippen LogP contribution in [0.1, 0.15) is 0 Å². The largest absolute Gasteiger partial charge is 0.482 e. The predicted octanol–water partition coefficient (Wildman–Crippen LogP) is 4.29. The minimum absolute atomic E-state index is 0.121. The second-order valence-corrected chi connectivity index (χ2v) is 5.43. The maximum atomic E-state index is 13.2. The molecular formula is C15H9Cl2FN2O3. The van der Waals surface area contributed by atoms with Crippen LogP contribution in [-0.2, 0) is 4.79 Å². The molecule has 0 aliphatic rings. The van der Waals surface area contributed by atoms with Crippen molar-refractivity contribution in [1.29, 1.82) is 0 Å². The van der Waals surface area contributed by atoms with E-state index < -0.39 is 11.7 Å². The Hall–Kier alpha value is -2.31. The minimum Gasteiger partial charge on any atom is -0.482 e. The van der Waals surface area contributed by atoms with Crippen molar-refractivity contribution in [3.8, 4) is 5.75 Å². The monoisotopic (exact) mass is 354 g/mol.